The van der Waals surface area contributed by atoms with Gasteiger partial charge in [0.15, 0.2) is 0 Å². The number of morpholine rings is 1. The average molecular weight is 337 g/mol. The number of carbonyl (C=O) groups excluding carboxylic acids is 1. The van der Waals surface area contributed by atoms with Gasteiger partial charge in [-0.15, -0.1) is 0 Å². The second-order valence-corrected chi connectivity index (χ2v) is 5.57. The van der Waals surface area contributed by atoms with Crippen LogP contribution in [0.4, 0.5) is 5.69 Å². The molecule has 0 bridgehead atoms. The Kier molecular flexibility index (Phi) is 7.81. The van der Waals surface area contributed by atoms with Crippen molar-refractivity contribution in [3.05, 3.63) is 18.2 Å². The van der Waals surface area contributed by atoms with Gasteiger partial charge < -0.3 is 24.8 Å². The molecule has 1 amide bonds. The van der Waals surface area contributed by atoms with Gasteiger partial charge in [-0.3, -0.25) is 9.69 Å². The smallest absolute Gasteiger partial charge is 0.225 e. The lowest BCUT2D eigenvalue weighted by Crippen LogP contribution is -2.40. The van der Waals surface area contributed by atoms with Crippen LogP contribution in [-0.4, -0.2) is 71.0 Å². The molecule has 0 unspecified atom stereocenters. The number of rotatable bonds is 9. The summed E-state index contributed by atoms with van der Waals surface area (Å²) in [5.41, 5.74) is 0.650. The number of amides is 1. The molecule has 1 aliphatic heterocycles. The highest BCUT2D eigenvalue weighted by molar-refractivity contribution is 5.92. The van der Waals surface area contributed by atoms with Crippen LogP contribution in [0, 0.1) is 0 Å². The van der Waals surface area contributed by atoms with E-state index in [4.69, 9.17) is 14.2 Å². The van der Waals surface area contributed by atoms with Crippen molar-refractivity contribution in [3.8, 4) is 11.5 Å². The summed E-state index contributed by atoms with van der Waals surface area (Å²) in [4.78, 5) is 14.4. The molecule has 134 valence electrons. The Morgan fingerprint density at radius 2 is 2.00 bits per heavy atom. The molecule has 1 fully saturated rings. The van der Waals surface area contributed by atoms with E-state index in [9.17, 15) is 4.79 Å². The van der Waals surface area contributed by atoms with E-state index in [1.165, 1.54) is 0 Å². The zero-order chi connectivity index (χ0) is 17.2. The maximum atomic E-state index is 12.0. The Balaban J connectivity index is 1.66. The lowest BCUT2D eigenvalue weighted by atomic mass is 10.2. The van der Waals surface area contributed by atoms with Crippen LogP contribution in [0.25, 0.3) is 0 Å². The molecule has 1 aromatic carbocycles. The van der Waals surface area contributed by atoms with Crippen molar-refractivity contribution in [1.82, 2.24) is 10.2 Å². The molecule has 1 aliphatic rings. The molecule has 1 saturated heterocycles. The number of carbonyl (C=O) groups is 1. The Labute approximate surface area is 143 Å². The molecule has 0 spiro atoms. The Morgan fingerprint density at radius 1 is 1.21 bits per heavy atom. The van der Waals surface area contributed by atoms with Crippen molar-refractivity contribution in [1.29, 1.82) is 0 Å². The molecule has 7 heteroatoms. The second-order valence-electron chi connectivity index (χ2n) is 5.57. The van der Waals surface area contributed by atoms with Gasteiger partial charge >= 0.3 is 0 Å². The summed E-state index contributed by atoms with van der Waals surface area (Å²) in [6.07, 6.45) is 0.415. The summed E-state index contributed by atoms with van der Waals surface area (Å²) in [6.45, 7) is 6.10. The van der Waals surface area contributed by atoms with E-state index in [1.807, 2.05) is 0 Å². The van der Waals surface area contributed by atoms with Crippen LogP contribution < -0.4 is 20.1 Å². The van der Waals surface area contributed by atoms with E-state index in [0.29, 0.717) is 30.2 Å². The van der Waals surface area contributed by atoms with Crippen molar-refractivity contribution in [2.24, 2.45) is 0 Å². The molecule has 0 aromatic heterocycles. The van der Waals surface area contributed by atoms with Crippen molar-refractivity contribution >= 4 is 11.6 Å². The van der Waals surface area contributed by atoms with Crippen molar-refractivity contribution in [2.45, 2.75) is 6.42 Å². The molecule has 24 heavy (non-hydrogen) atoms. The Hall–Kier alpha value is -1.83. The van der Waals surface area contributed by atoms with E-state index in [-0.39, 0.29) is 5.91 Å². The first-order chi connectivity index (χ1) is 11.7. The monoisotopic (exact) mass is 337 g/mol. The highest BCUT2D eigenvalue weighted by Gasteiger charge is 2.10. The Bertz CT molecular complexity index is 519. The topological polar surface area (TPSA) is 72.1 Å². The summed E-state index contributed by atoms with van der Waals surface area (Å²) < 4.78 is 15.7. The zero-order valence-corrected chi connectivity index (χ0v) is 14.5. The number of hydrogen-bond donors (Lipinski definition) is 2. The van der Waals surface area contributed by atoms with Gasteiger partial charge in [-0.1, -0.05) is 0 Å². The number of hydrogen-bond acceptors (Lipinski definition) is 6. The van der Waals surface area contributed by atoms with Crippen molar-refractivity contribution in [2.75, 3.05) is 65.5 Å². The third-order valence-corrected chi connectivity index (χ3v) is 3.92. The number of anilines is 1. The van der Waals surface area contributed by atoms with Crippen LogP contribution in [-0.2, 0) is 9.53 Å². The molecule has 0 radical (unpaired) electrons. The molecular weight excluding hydrogens is 310 g/mol. The summed E-state index contributed by atoms with van der Waals surface area (Å²) in [7, 11) is 3.16. The maximum Gasteiger partial charge on any atom is 0.225 e. The first kappa shape index (κ1) is 18.5. The van der Waals surface area contributed by atoms with Crippen molar-refractivity contribution in [3.63, 3.8) is 0 Å². The lowest BCUT2D eigenvalue weighted by Gasteiger charge is -2.26. The Morgan fingerprint density at radius 3 is 2.71 bits per heavy atom. The van der Waals surface area contributed by atoms with Gasteiger partial charge in [0.1, 0.15) is 11.5 Å². The van der Waals surface area contributed by atoms with Crippen LogP contribution in [0.3, 0.4) is 0 Å². The SMILES string of the molecule is COc1ccc(NC(=O)CCNCCN2CCOCC2)c(OC)c1. The minimum atomic E-state index is -0.0441. The van der Waals surface area contributed by atoms with E-state index < -0.39 is 0 Å². The molecular formula is C17H27N3O4. The number of benzene rings is 1. The van der Waals surface area contributed by atoms with E-state index in [0.717, 1.165) is 39.4 Å². The molecule has 7 nitrogen and oxygen atoms in total. The first-order valence-corrected chi connectivity index (χ1v) is 8.25. The van der Waals surface area contributed by atoms with E-state index in [1.54, 1.807) is 32.4 Å². The highest BCUT2D eigenvalue weighted by atomic mass is 16.5. The largest absolute Gasteiger partial charge is 0.497 e. The lowest BCUT2D eigenvalue weighted by molar-refractivity contribution is -0.116. The predicted molar refractivity (Wildman–Crippen MR) is 92.9 cm³/mol. The summed E-state index contributed by atoms with van der Waals surface area (Å²) in [5, 5.41) is 6.17. The summed E-state index contributed by atoms with van der Waals surface area (Å²) in [5.74, 6) is 1.23. The van der Waals surface area contributed by atoms with E-state index >= 15 is 0 Å². The highest BCUT2D eigenvalue weighted by Crippen LogP contribution is 2.28. The normalized spacial score (nSPS) is 15.1. The molecule has 0 saturated carbocycles. The van der Waals surface area contributed by atoms with Gasteiger partial charge in [-0.25, -0.2) is 0 Å². The quantitative estimate of drug-likeness (QED) is 0.654. The van der Waals surface area contributed by atoms with Crippen LogP contribution >= 0.6 is 0 Å². The first-order valence-electron chi connectivity index (χ1n) is 8.25. The van der Waals surface area contributed by atoms with E-state index in [2.05, 4.69) is 15.5 Å². The molecule has 0 aliphatic carbocycles. The van der Waals surface area contributed by atoms with Gasteiger partial charge in [-0.05, 0) is 12.1 Å². The minimum Gasteiger partial charge on any atom is -0.497 e. The number of methoxy groups -OCH3 is 2. The fourth-order valence-electron chi connectivity index (χ4n) is 2.50. The van der Waals surface area contributed by atoms with Gasteiger partial charge in [0.2, 0.25) is 5.91 Å². The minimum absolute atomic E-state index is 0.0441. The zero-order valence-electron chi connectivity index (χ0n) is 14.5. The maximum absolute atomic E-state index is 12.0. The molecule has 2 N–H and O–H groups in total. The predicted octanol–water partition coefficient (Wildman–Crippen LogP) is 0.954. The van der Waals surface area contributed by atoms with Gasteiger partial charge in [-0.2, -0.15) is 0 Å². The molecule has 1 aromatic rings. The van der Waals surface area contributed by atoms with Crippen LogP contribution in [0.15, 0.2) is 18.2 Å². The number of nitrogens with one attached hydrogen (secondary N) is 2. The van der Waals surface area contributed by atoms with Gasteiger partial charge in [0.25, 0.3) is 0 Å². The van der Waals surface area contributed by atoms with Crippen LogP contribution in [0.5, 0.6) is 11.5 Å². The fraction of sp³-hybridized carbons (Fsp3) is 0.588. The summed E-state index contributed by atoms with van der Waals surface area (Å²) >= 11 is 0. The third-order valence-electron chi connectivity index (χ3n) is 3.92. The fourth-order valence-corrected chi connectivity index (χ4v) is 2.50. The average Bonchev–Trinajstić information content (AvgIpc) is 2.62. The van der Waals surface area contributed by atoms with Gasteiger partial charge in [0, 0.05) is 45.2 Å². The summed E-state index contributed by atoms with van der Waals surface area (Å²) in [6, 6.07) is 5.32. The second kappa shape index (κ2) is 10.1. The number of ether oxygens (including phenoxy) is 3. The molecule has 0 atom stereocenters. The van der Waals surface area contributed by atoms with Crippen molar-refractivity contribution < 1.29 is 19.0 Å². The van der Waals surface area contributed by atoms with Crippen LogP contribution in [0.1, 0.15) is 6.42 Å². The van der Waals surface area contributed by atoms with Gasteiger partial charge in [0.05, 0.1) is 33.1 Å². The third kappa shape index (κ3) is 5.99. The van der Waals surface area contributed by atoms with Crippen LogP contribution in [0.2, 0.25) is 0 Å². The molecule has 2 rings (SSSR count). The number of nitrogens with zero attached hydrogens (tertiary/aromatic N) is 1. The molecule has 1 heterocycles. The standard InChI is InChI=1S/C17H27N3O4/c1-22-14-3-4-15(16(13-14)23-2)19-17(21)5-6-18-7-8-20-9-11-24-12-10-20/h3-4,13,18H,5-12H2,1-2H3,(H,19,21).